The van der Waals surface area contributed by atoms with Gasteiger partial charge in [0.05, 0.1) is 11.1 Å². The standard InChI is InChI=1S/C23H16Cl2N2O3/c1-14-9-10-17(12-20(14)25)27-22(28)19-8-3-2-7-18(19)21(26-27)23(29)30-13-15-5-4-6-16(24)11-15/h2-12H,13H2,1H3. The first-order valence-corrected chi connectivity index (χ1v) is 9.90. The molecular weight excluding hydrogens is 423 g/mol. The Morgan fingerprint density at radius 2 is 1.77 bits per heavy atom. The summed E-state index contributed by atoms with van der Waals surface area (Å²) in [5, 5.41) is 6.15. The van der Waals surface area contributed by atoms with Crippen molar-refractivity contribution in [1.82, 2.24) is 9.78 Å². The predicted molar refractivity (Wildman–Crippen MR) is 118 cm³/mol. The number of hydrogen-bond acceptors (Lipinski definition) is 4. The molecule has 150 valence electrons. The van der Waals surface area contributed by atoms with Crippen LogP contribution in [0, 0.1) is 6.92 Å². The third kappa shape index (κ3) is 3.95. The zero-order valence-electron chi connectivity index (χ0n) is 15.9. The molecule has 0 unspecified atom stereocenters. The molecule has 0 spiro atoms. The number of carbonyl (C=O) groups is 1. The number of rotatable bonds is 4. The molecule has 0 bridgehead atoms. The summed E-state index contributed by atoms with van der Waals surface area (Å²) < 4.78 is 6.62. The average Bonchev–Trinajstić information content (AvgIpc) is 2.75. The Kier molecular flexibility index (Phi) is 5.57. The van der Waals surface area contributed by atoms with E-state index in [-0.39, 0.29) is 17.9 Å². The Balaban J connectivity index is 1.78. The van der Waals surface area contributed by atoms with E-state index in [1.165, 1.54) is 4.68 Å². The second-order valence-electron chi connectivity index (χ2n) is 6.75. The first-order valence-electron chi connectivity index (χ1n) is 9.14. The molecule has 3 aromatic carbocycles. The minimum Gasteiger partial charge on any atom is -0.456 e. The van der Waals surface area contributed by atoms with Crippen molar-refractivity contribution in [2.24, 2.45) is 0 Å². The molecule has 1 heterocycles. The summed E-state index contributed by atoms with van der Waals surface area (Å²) in [6.07, 6.45) is 0. The molecule has 0 fully saturated rings. The molecule has 0 aliphatic rings. The molecule has 5 nitrogen and oxygen atoms in total. The van der Waals surface area contributed by atoms with E-state index in [4.69, 9.17) is 27.9 Å². The van der Waals surface area contributed by atoms with Crippen molar-refractivity contribution in [1.29, 1.82) is 0 Å². The van der Waals surface area contributed by atoms with E-state index in [9.17, 15) is 9.59 Å². The van der Waals surface area contributed by atoms with Gasteiger partial charge in [0.15, 0.2) is 5.69 Å². The van der Waals surface area contributed by atoms with Crippen LogP contribution < -0.4 is 5.56 Å². The molecule has 30 heavy (non-hydrogen) atoms. The Morgan fingerprint density at radius 3 is 2.50 bits per heavy atom. The first-order chi connectivity index (χ1) is 14.4. The number of ether oxygens (including phenoxy) is 1. The SMILES string of the molecule is Cc1ccc(-n2nc(C(=O)OCc3cccc(Cl)c3)c3ccccc3c2=O)cc1Cl. The van der Waals surface area contributed by atoms with E-state index in [0.717, 1.165) is 11.1 Å². The van der Waals surface area contributed by atoms with Crippen molar-refractivity contribution in [3.8, 4) is 5.69 Å². The molecular formula is C23H16Cl2N2O3. The van der Waals surface area contributed by atoms with Crippen molar-refractivity contribution in [2.45, 2.75) is 13.5 Å². The summed E-state index contributed by atoms with van der Waals surface area (Å²) in [6.45, 7) is 1.90. The normalized spacial score (nSPS) is 10.9. The highest BCUT2D eigenvalue weighted by Crippen LogP contribution is 2.21. The van der Waals surface area contributed by atoms with Gasteiger partial charge in [0.1, 0.15) is 6.61 Å². The number of nitrogens with zero attached hydrogens (tertiary/aromatic N) is 2. The number of hydrogen-bond donors (Lipinski definition) is 0. The summed E-state index contributed by atoms with van der Waals surface area (Å²) >= 11 is 12.2. The molecule has 0 radical (unpaired) electrons. The smallest absolute Gasteiger partial charge is 0.359 e. The van der Waals surface area contributed by atoms with E-state index in [0.29, 0.717) is 26.5 Å². The van der Waals surface area contributed by atoms with Gasteiger partial charge in [0, 0.05) is 15.4 Å². The first kappa shape index (κ1) is 20.1. The number of esters is 1. The minimum absolute atomic E-state index is 0.0326. The Labute approximate surface area is 182 Å². The van der Waals surface area contributed by atoms with Gasteiger partial charge in [0.2, 0.25) is 0 Å². The lowest BCUT2D eigenvalue weighted by Crippen LogP contribution is -2.25. The molecule has 0 N–H and O–H groups in total. The van der Waals surface area contributed by atoms with Gasteiger partial charge in [-0.1, -0.05) is 59.6 Å². The molecule has 0 saturated heterocycles. The number of halogens is 2. The van der Waals surface area contributed by atoms with Crippen LogP contribution in [0.2, 0.25) is 10.0 Å². The fourth-order valence-electron chi connectivity index (χ4n) is 3.07. The van der Waals surface area contributed by atoms with Crippen LogP contribution in [0.15, 0.2) is 71.5 Å². The molecule has 4 rings (SSSR count). The maximum Gasteiger partial charge on any atom is 0.359 e. The van der Waals surface area contributed by atoms with Crippen molar-refractivity contribution < 1.29 is 9.53 Å². The minimum atomic E-state index is -0.641. The highest BCUT2D eigenvalue weighted by Gasteiger charge is 2.19. The summed E-state index contributed by atoms with van der Waals surface area (Å²) in [6, 6.07) is 19.0. The van der Waals surface area contributed by atoms with Crippen molar-refractivity contribution in [3.63, 3.8) is 0 Å². The van der Waals surface area contributed by atoms with Gasteiger partial charge in [-0.05, 0) is 48.4 Å². The molecule has 4 aromatic rings. The summed E-state index contributed by atoms with van der Waals surface area (Å²) in [5.41, 5.74) is 1.78. The van der Waals surface area contributed by atoms with Gasteiger partial charge in [0.25, 0.3) is 5.56 Å². The van der Waals surface area contributed by atoms with Gasteiger partial charge in [-0.2, -0.15) is 9.78 Å². The molecule has 0 aliphatic heterocycles. The third-order valence-corrected chi connectivity index (χ3v) is 5.30. The maximum atomic E-state index is 13.0. The summed E-state index contributed by atoms with van der Waals surface area (Å²) in [5.74, 6) is -0.641. The lowest BCUT2D eigenvalue weighted by atomic mass is 10.1. The van der Waals surface area contributed by atoms with Crippen LogP contribution in [-0.4, -0.2) is 15.7 Å². The second-order valence-corrected chi connectivity index (χ2v) is 7.59. The molecule has 1 aromatic heterocycles. The van der Waals surface area contributed by atoms with E-state index in [2.05, 4.69) is 5.10 Å². The number of fused-ring (bicyclic) bond motifs is 1. The van der Waals surface area contributed by atoms with Crippen molar-refractivity contribution >= 4 is 39.9 Å². The van der Waals surface area contributed by atoms with E-state index in [1.54, 1.807) is 66.7 Å². The lowest BCUT2D eigenvalue weighted by molar-refractivity contribution is 0.0466. The van der Waals surface area contributed by atoms with Crippen LogP contribution >= 0.6 is 23.2 Å². The Hall–Kier alpha value is -3.15. The quantitative estimate of drug-likeness (QED) is 0.402. The highest BCUT2D eigenvalue weighted by molar-refractivity contribution is 6.31. The number of aryl methyl sites for hydroxylation is 1. The predicted octanol–water partition coefficient (Wildman–Crippen LogP) is 5.36. The van der Waals surface area contributed by atoms with Crippen LogP contribution in [0.5, 0.6) is 0 Å². The fraction of sp³-hybridized carbons (Fsp3) is 0.0870. The van der Waals surface area contributed by atoms with Crippen LogP contribution in [0.25, 0.3) is 16.5 Å². The number of aromatic nitrogens is 2. The van der Waals surface area contributed by atoms with Crippen molar-refractivity contribution in [2.75, 3.05) is 0 Å². The molecule has 7 heteroatoms. The Morgan fingerprint density at radius 1 is 1.00 bits per heavy atom. The van der Waals surface area contributed by atoms with Gasteiger partial charge in [-0.25, -0.2) is 4.79 Å². The maximum absolute atomic E-state index is 13.0. The summed E-state index contributed by atoms with van der Waals surface area (Å²) in [4.78, 5) is 25.9. The summed E-state index contributed by atoms with van der Waals surface area (Å²) in [7, 11) is 0. The van der Waals surface area contributed by atoms with E-state index in [1.807, 2.05) is 6.92 Å². The third-order valence-electron chi connectivity index (χ3n) is 4.66. The molecule has 0 atom stereocenters. The topological polar surface area (TPSA) is 61.2 Å². The highest BCUT2D eigenvalue weighted by atomic mass is 35.5. The largest absolute Gasteiger partial charge is 0.456 e. The number of benzene rings is 3. The average molecular weight is 439 g/mol. The van der Waals surface area contributed by atoms with Gasteiger partial charge in [-0.15, -0.1) is 0 Å². The molecule has 0 amide bonds. The number of carbonyl (C=O) groups excluding carboxylic acids is 1. The fourth-order valence-corrected chi connectivity index (χ4v) is 3.46. The van der Waals surface area contributed by atoms with Gasteiger partial charge in [-0.3, -0.25) is 4.79 Å². The van der Waals surface area contributed by atoms with Crippen molar-refractivity contribution in [3.05, 3.63) is 104 Å². The van der Waals surface area contributed by atoms with Crippen LogP contribution in [0.4, 0.5) is 0 Å². The Bertz CT molecular complexity index is 1330. The van der Waals surface area contributed by atoms with Gasteiger partial charge < -0.3 is 4.74 Å². The van der Waals surface area contributed by atoms with E-state index >= 15 is 0 Å². The second kappa shape index (κ2) is 8.30. The molecule has 0 saturated carbocycles. The zero-order chi connectivity index (χ0) is 21.3. The van der Waals surface area contributed by atoms with Gasteiger partial charge >= 0.3 is 5.97 Å². The lowest BCUT2D eigenvalue weighted by Gasteiger charge is -2.12. The van der Waals surface area contributed by atoms with Crippen LogP contribution in [-0.2, 0) is 11.3 Å². The van der Waals surface area contributed by atoms with E-state index < -0.39 is 5.97 Å². The molecule has 0 aliphatic carbocycles. The van der Waals surface area contributed by atoms with Crippen LogP contribution in [0.1, 0.15) is 21.6 Å². The van der Waals surface area contributed by atoms with Crippen LogP contribution in [0.3, 0.4) is 0 Å². The zero-order valence-corrected chi connectivity index (χ0v) is 17.4. The monoisotopic (exact) mass is 438 g/mol.